The zero-order chi connectivity index (χ0) is 21.8. The number of guanidine groups is 1. The topological polar surface area (TPSA) is 84.0 Å². The maximum Gasteiger partial charge on any atom is 0.224 e. The Hall–Kier alpha value is -3.29. The number of carbonyl (C=O) groups is 1. The number of ether oxygens (including phenoxy) is 2. The van der Waals surface area contributed by atoms with Crippen molar-refractivity contribution in [3.8, 4) is 11.5 Å². The summed E-state index contributed by atoms with van der Waals surface area (Å²) in [6, 6.07) is 11.5. The zero-order valence-electron chi connectivity index (χ0n) is 17.6. The van der Waals surface area contributed by atoms with Crippen molar-refractivity contribution in [3.05, 3.63) is 59.4 Å². The van der Waals surface area contributed by atoms with Crippen LogP contribution in [-0.2, 0) is 17.8 Å². The van der Waals surface area contributed by atoms with Crippen LogP contribution in [0.25, 0.3) is 0 Å². The van der Waals surface area contributed by atoms with E-state index < -0.39 is 0 Å². The molecule has 0 fully saturated rings. The molecule has 162 valence electrons. The van der Waals surface area contributed by atoms with E-state index in [0.717, 1.165) is 16.9 Å². The molecule has 0 spiro atoms. The summed E-state index contributed by atoms with van der Waals surface area (Å²) in [4.78, 5) is 16.6. The van der Waals surface area contributed by atoms with Crippen LogP contribution in [-0.4, -0.2) is 45.7 Å². The van der Waals surface area contributed by atoms with Gasteiger partial charge in [0.15, 0.2) is 5.96 Å². The number of aliphatic imine (C=N–C) groups is 1. The lowest BCUT2D eigenvalue weighted by Gasteiger charge is -2.13. The number of amides is 1. The molecule has 1 amide bonds. The van der Waals surface area contributed by atoms with Crippen molar-refractivity contribution in [2.24, 2.45) is 4.99 Å². The highest BCUT2D eigenvalue weighted by Crippen LogP contribution is 2.25. The smallest absolute Gasteiger partial charge is 0.224 e. The summed E-state index contributed by atoms with van der Waals surface area (Å²) in [6.07, 6.45) is 0.214. The van der Waals surface area contributed by atoms with Gasteiger partial charge in [-0.3, -0.25) is 4.79 Å². The molecule has 8 heteroatoms. The first-order valence-electron chi connectivity index (χ1n) is 9.80. The molecule has 0 saturated heterocycles. The first kappa shape index (κ1) is 23.0. The van der Waals surface area contributed by atoms with Crippen LogP contribution in [0, 0.1) is 5.82 Å². The molecule has 0 radical (unpaired) electrons. The maximum atomic E-state index is 12.9. The highest BCUT2D eigenvalue weighted by Gasteiger charge is 2.06. The summed E-state index contributed by atoms with van der Waals surface area (Å²) in [5.41, 5.74) is 1.70. The van der Waals surface area contributed by atoms with Crippen LogP contribution in [0.15, 0.2) is 47.5 Å². The minimum absolute atomic E-state index is 0.117. The lowest BCUT2D eigenvalue weighted by molar-refractivity contribution is -0.120. The van der Waals surface area contributed by atoms with Gasteiger partial charge in [-0.15, -0.1) is 0 Å². The Labute approximate surface area is 176 Å². The summed E-state index contributed by atoms with van der Waals surface area (Å²) in [5, 5.41) is 9.19. The van der Waals surface area contributed by atoms with Gasteiger partial charge in [0.1, 0.15) is 17.3 Å². The number of methoxy groups -OCH3 is 2. The number of carbonyl (C=O) groups excluding carboxylic acids is 1. The second-order valence-corrected chi connectivity index (χ2v) is 6.45. The molecule has 0 unspecified atom stereocenters. The monoisotopic (exact) mass is 416 g/mol. The largest absolute Gasteiger partial charge is 0.497 e. The van der Waals surface area contributed by atoms with Crippen LogP contribution in [0.5, 0.6) is 11.5 Å². The third-order valence-electron chi connectivity index (χ3n) is 4.26. The van der Waals surface area contributed by atoms with Crippen molar-refractivity contribution >= 4 is 11.9 Å². The van der Waals surface area contributed by atoms with Gasteiger partial charge in [-0.2, -0.15) is 0 Å². The number of nitrogens with zero attached hydrogens (tertiary/aromatic N) is 1. The van der Waals surface area contributed by atoms with E-state index in [9.17, 15) is 9.18 Å². The first-order valence-corrected chi connectivity index (χ1v) is 9.80. The number of hydrogen-bond donors (Lipinski definition) is 3. The average molecular weight is 416 g/mol. The van der Waals surface area contributed by atoms with E-state index in [0.29, 0.717) is 37.9 Å². The molecule has 0 aliphatic rings. The van der Waals surface area contributed by atoms with Crippen LogP contribution >= 0.6 is 0 Å². The van der Waals surface area contributed by atoms with E-state index in [1.165, 1.54) is 12.1 Å². The molecular weight excluding hydrogens is 387 g/mol. The molecule has 2 aromatic carbocycles. The Morgan fingerprint density at radius 1 is 1.00 bits per heavy atom. The molecular formula is C22H29FN4O3. The van der Waals surface area contributed by atoms with Crippen molar-refractivity contribution in [2.45, 2.75) is 19.9 Å². The molecule has 0 aliphatic carbocycles. The van der Waals surface area contributed by atoms with Gasteiger partial charge in [-0.25, -0.2) is 9.38 Å². The van der Waals surface area contributed by atoms with E-state index in [4.69, 9.17) is 9.47 Å². The molecule has 0 aromatic heterocycles. The molecule has 30 heavy (non-hydrogen) atoms. The Morgan fingerprint density at radius 2 is 1.73 bits per heavy atom. The van der Waals surface area contributed by atoms with Gasteiger partial charge in [-0.05, 0) is 36.8 Å². The van der Waals surface area contributed by atoms with Gasteiger partial charge >= 0.3 is 0 Å². The Bertz CT molecular complexity index is 841. The lowest BCUT2D eigenvalue weighted by Crippen LogP contribution is -2.41. The van der Waals surface area contributed by atoms with E-state index in [2.05, 4.69) is 20.9 Å². The van der Waals surface area contributed by atoms with Crippen LogP contribution < -0.4 is 25.4 Å². The number of nitrogens with one attached hydrogen (secondary N) is 3. The average Bonchev–Trinajstić information content (AvgIpc) is 2.76. The maximum absolute atomic E-state index is 12.9. The fourth-order valence-electron chi connectivity index (χ4n) is 2.72. The molecule has 0 saturated carbocycles. The summed E-state index contributed by atoms with van der Waals surface area (Å²) in [5.74, 6) is 1.64. The fraction of sp³-hybridized carbons (Fsp3) is 0.364. The lowest BCUT2D eigenvalue weighted by atomic mass is 10.1. The van der Waals surface area contributed by atoms with E-state index in [-0.39, 0.29) is 18.1 Å². The third-order valence-corrected chi connectivity index (χ3v) is 4.26. The number of hydrogen-bond acceptors (Lipinski definition) is 4. The predicted molar refractivity (Wildman–Crippen MR) is 115 cm³/mol. The fourth-order valence-corrected chi connectivity index (χ4v) is 2.72. The second-order valence-electron chi connectivity index (χ2n) is 6.45. The first-order chi connectivity index (χ1) is 14.5. The summed E-state index contributed by atoms with van der Waals surface area (Å²) in [6.45, 7) is 4.08. The molecule has 0 atom stereocenters. The Kier molecular flexibility index (Phi) is 9.44. The van der Waals surface area contributed by atoms with Crippen LogP contribution in [0.2, 0.25) is 0 Å². The van der Waals surface area contributed by atoms with Gasteiger partial charge in [0.05, 0.1) is 27.2 Å². The van der Waals surface area contributed by atoms with E-state index >= 15 is 0 Å². The molecule has 0 aliphatic heterocycles. The van der Waals surface area contributed by atoms with Crippen molar-refractivity contribution in [1.29, 1.82) is 0 Å². The number of halogens is 1. The third kappa shape index (κ3) is 7.62. The molecule has 3 N–H and O–H groups in total. The summed E-state index contributed by atoms with van der Waals surface area (Å²) < 4.78 is 23.5. The molecule has 0 bridgehead atoms. The van der Waals surface area contributed by atoms with Gasteiger partial charge in [0.25, 0.3) is 0 Å². The van der Waals surface area contributed by atoms with Crippen LogP contribution in [0.1, 0.15) is 18.1 Å². The highest BCUT2D eigenvalue weighted by atomic mass is 19.1. The summed E-state index contributed by atoms with van der Waals surface area (Å²) in [7, 11) is 3.22. The molecule has 7 nitrogen and oxygen atoms in total. The summed E-state index contributed by atoms with van der Waals surface area (Å²) >= 11 is 0. The normalized spacial score (nSPS) is 11.0. The van der Waals surface area contributed by atoms with Crippen molar-refractivity contribution in [3.63, 3.8) is 0 Å². The minimum atomic E-state index is -0.314. The Morgan fingerprint density at radius 3 is 2.40 bits per heavy atom. The number of rotatable bonds is 10. The van der Waals surface area contributed by atoms with Crippen molar-refractivity contribution < 1.29 is 18.7 Å². The zero-order valence-corrected chi connectivity index (χ0v) is 17.6. The van der Waals surface area contributed by atoms with Crippen molar-refractivity contribution in [1.82, 2.24) is 16.0 Å². The van der Waals surface area contributed by atoms with Gasteiger partial charge < -0.3 is 25.4 Å². The van der Waals surface area contributed by atoms with Crippen molar-refractivity contribution in [2.75, 3.05) is 33.9 Å². The molecule has 0 heterocycles. The molecule has 2 rings (SSSR count). The highest BCUT2D eigenvalue weighted by molar-refractivity contribution is 5.80. The minimum Gasteiger partial charge on any atom is -0.497 e. The number of benzene rings is 2. The van der Waals surface area contributed by atoms with Gasteiger partial charge in [-0.1, -0.05) is 12.1 Å². The quantitative estimate of drug-likeness (QED) is 0.314. The van der Waals surface area contributed by atoms with Crippen LogP contribution in [0.3, 0.4) is 0 Å². The van der Waals surface area contributed by atoms with Crippen LogP contribution in [0.4, 0.5) is 4.39 Å². The predicted octanol–water partition coefficient (Wildman–Crippen LogP) is 2.26. The van der Waals surface area contributed by atoms with Gasteiger partial charge in [0.2, 0.25) is 5.91 Å². The van der Waals surface area contributed by atoms with E-state index in [1.807, 2.05) is 25.1 Å². The standard InChI is InChI=1S/C22H29FN4O3/c1-4-24-22(27-15-17-7-10-19(29-2)14-20(17)30-3)26-12-11-25-21(28)13-16-5-8-18(23)9-6-16/h5-10,14H,4,11-13,15H2,1-3H3,(H,25,28)(H2,24,26,27). The van der Waals surface area contributed by atoms with E-state index in [1.54, 1.807) is 26.4 Å². The SMILES string of the molecule is CCNC(=NCc1ccc(OC)cc1OC)NCCNC(=O)Cc1ccc(F)cc1. The molecule has 2 aromatic rings. The second kappa shape index (κ2) is 12.3. The van der Waals surface area contributed by atoms with Gasteiger partial charge in [0, 0.05) is 31.3 Å². The Balaban J connectivity index is 1.82.